The van der Waals surface area contributed by atoms with Crippen molar-refractivity contribution in [2.24, 2.45) is 0 Å². The van der Waals surface area contributed by atoms with Crippen LogP contribution in [0, 0.1) is 13.8 Å². The molecule has 1 aliphatic rings. The van der Waals surface area contributed by atoms with Crippen LogP contribution in [-0.4, -0.2) is 53.7 Å². The zero-order chi connectivity index (χ0) is 27.7. The summed E-state index contributed by atoms with van der Waals surface area (Å²) in [5.74, 6) is -2.28. The van der Waals surface area contributed by atoms with Crippen molar-refractivity contribution >= 4 is 39.9 Å². The van der Waals surface area contributed by atoms with Gasteiger partial charge >= 0.3 is 11.9 Å². The van der Waals surface area contributed by atoms with Crippen molar-refractivity contribution in [1.29, 1.82) is 0 Å². The highest BCUT2D eigenvalue weighted by Gasteiger charge is 2.48. The maximum absolute atomic E-state index is 13.4. The van der Waals surface area contributed by atoms with E-state index in [2.05, 4.69) is 4.98 Å². The van der Waals surface area contributed by atoms with E-state index in [0.29, 0.717) is 28.1 Å². The molecule has 0 aliphatic carbocycles. The molecule has 1 atom stereocenters. The largest absolute Gasteiger partial charge is 0.507 e. The average molecular weight is 539 g/mol. The van der Waals surface area contributed by atoms with Crippen molar-refractivity contribution in [3.05, 3.63) is 69.2 Å². The van der Waals surface area contributed by atoms with Crippen LogP contribution in [0.5, 0.6) is 17.2 Å². The molecule has 2 aromatic carbocycles. The van der Waals surface area contributed by atoms with E-state index < -0.39 is 29.5 Å². The van der Waals surface area contributed by atoms with E-state index in [4.69, 9.17) is 14.2 Å². The van der Waals surface area contributed by atoms with E-state index in [1.807, 2.05) is 0 Å². The fraction of sp³-hybridized carbons (Fsp3) is 0.259. The van der Waals surface area contributed by atoms with E-state index in [0.717, 1.165) is 16.2 Å². The number of carbonyl (C=O) groups is 3. The molecule has 1 amide bonds. The number of hydrogen-bond acceptors (Lipinski definition) is 10. The number of esters is 1. The second-order valence-corrected chi connectivity index (χ2v) is 9.39. The molecule has 3 aromatic rings. The molecule has 1 saturated heterocycles. The van der Waals surface area contributed by atoms with Gasteiger partial charge < -0.3 is 24.4 Å². The van der Waals surface area contributed by atoms with Crippen molar-refractivity contribution < 1.29 is 38.8 Å². The van der Waals surface area contributed by atoms with Gasteiger partial charge in [-0.25, -0.2) is 9.78 Å². The third kappa shape index (κ3) is 4.56. The Hall–Kier alpha value is -4.38. The molecule has 0 bridgehead atoms. The molecule has 11 heteroatoms. The number of thiazole rings is 1. The number of hydrogen-bond donors (Lipinski definition) is 2. The molecule has 2 heterocycles. The maximum atomic E-state index is 13.4. The molecule has 38 heavy (non-hydrogen) atoms. The van der Waals surface area contributed by atoms with Gasteiger partial charge in [-0.2, -0.15) is 0 Å². The van der Waals surface area contributed by atoms with Crippen molar-refractivity contribution in [3.63, 3.8) is 0 Å². The number of rotatable bonds is 7. The number of aryl methyl sites for hydroxylation is 2. The number of benzene rings is 2. The number of methoxy groups -OCH3 is 2. The first-order chi connectivity index (χ1) is 18.1. The zero-order valence-electron chi connectivity index (χ0n) is 21.4. The second-order valence-electron chi connectivity index (χ2n) is 8.42. The van der Waals surface area contributed by atoms with Crippen LogP contribution in [-0.2, 0) is 14.3 Å². The van der Waals surface area contributed by atoms with Crippen LogP contribution in [0.2, 0.25) is 0 Å². The number of carbonyl (C=O) groups excluding carboxylic acids is 3. The predicted molar refractivity (Wildman–Crippen MR) is 140 cm³/mol. The number of phenols is 1. The van der Waals surface area contributed by atoms with Crippen LogP contribution in [0.25, 0.3) is 5.76 Å². The number of phenolic OH excluding ortho intramolecular Hbond substituents is 1. The lowest BCUT2D eigenvalue weighted by atomic mass is 9.94. The number of nitrogens with zero attached hydrogens (tertiary/aromatic N) is 2. The minimum atomic E-state index is -1.13. The summed E-state index contributed by atoms with van der Waals surface area (Å²) in [7, 11) is 2.75. The summed E-state index contributed by atoms with van der Waals surface area (Å²) in [6.45, 7) is 5.38. The van der Waals surface area contributed by atoms with Crippen molar-refractivity contribution in [2.75, 3.05) is 25.7 Å². The second kappa shape index (κ2) is 10.5. The van der Waals surface area contributed by atoms with Crippen LogP contribution in [0.3, 0.4) is 0 Å². The molecular formula is C27H26N2O8S. The first kappa shape index (κ1) is 26.7. The Balaban J connectivity index is 1.96. The molecular weight excluding hydrogens is 512 g/mol. The molecule has 0 saturated carbocycles. The first-order valence-corrected chi connectivity index (χ1v) is 12.4. The fourth-order valence-electron chi connectivity index (χ4n) is 4.27. The number of aromatic nitrogens is 1. The van der Waals surface area contributed by atoms with Crippen molar-refractivity contribution in [2.45, 2.75) is 26.8 Å². The van der Waals surface area contributed by atoms with E-state index in [-0.39, 0.29) is 33.7 Å². The topological polar surface area (TPSA) is 135 Å². The highest BCUT2D eigenvalue weighted by atomic mass is 32.1. The summed E-state index contributed by atoms with van der Waals surface area (Å²) in [5, 5.41) is 21.7. The number of aliphatic hydroxyl groups is 1. The summed E-state index contributed by atoms with van der Waals surface area (Å²) in [6, 6.07) is 8.14. The van der Waals surface area contributed by atoms with Gasteiger partial charge in [-0.05, 0) is 62.2 Å². The molecule has 10 nitrogen and oxygen atoms in total. The molecule has 0 spiro atoms. The van der Waals surface area contributed by atoms with E-state index in [1.54, 1.807) is 39.0 Å². The Labute approximate surface area is 222 Å². The average Bonchev–Trinajstić information content (AvgIpc) is 3.41. The molecule has 198 valence electrons. The van der Waals surface area contributed by atoms with Crippen LogP contribution in [0.15, 0.2) is 42.0 Å². The minimum Gasteiger partial charge on any atom is -0.507 e. The van der Waals surface area contributed by atoms with E-state index >= 15 is 0 Å². The summed E-state index contributed by atoms with van der Waals surface area (Å²) < 4.78 is 15.6. The third-order valence-electron chi connectivity index (χ3n) is 6.07. The van der Waals surface area contributed by atoms with Gasteiger partial charge in [-0.1, -0.05) is 17.4 Å². The molecule has 1 fully saturated rings. The van der Waals surface area contributed by atoms with E-state index in [1.165, 1.54) is 32.4 Å². The number of ether oxygens (including phenoxy) is 3. The van der Waals surface area contributed by atoms with E-state index in [9.17, 15) is 24.6 Å². The normalized spacial score (nSPS) is 16.6. The Morgan fingerprint density at radius 3 is 2.47 bits per heavy atom. The van der Waals surface area contributed by atoms with Gasteiger partial charge in [0.2, 0.25) is 0 Å². The minimum absolute atomic E-state index is 0.0750. The molecule has 1 aromatic heterocycles. The van der Waals surface area contributed by atoms with Crippen molar-refractivity contribution in [3.8, 4) is 17.2 Å². The quantitative estimate of drug-likeness (QED) is 0.195. The van der Waals surface area contributed by atoms with Gasteiger partial charge in [-0.3, -0.25) is 14.5 Å². The summed E-state index contributed by atoms with van der Waals surface area (Å²) in [6.07, 6.45) is 0. The van der Waals surface area contributed by atoms with Gasteiger partial charge in [0.15, 0.2) is 16.6 Å². The number of aromatic hydroxyl groups is 1. The van der Waals surface area contributed by atoms with Crippen LogP contribution < -0.4 is 14.4 Å². The maximum Gasteiger partial charge on any atom is 0.350 e. The van der Waals surface area contributed by atoms with Crippen LogP contribution in [0.1, 0.15) is 45.0 Å². The van der Waals surface area contributed by atoms with Gasteiger partial charge in [-0.15, -0.1) is 0 Å². The van der Waals surface area contributed by atoms with Gasteiger partial charge in [0, 0.05) is 5.56 Å². The van der Waals surface area contributed by atoms with Gasteiger partial charge in [0.05, 0.1) is 38.1 Å². The molecule has 2 N–H and O–H groups in total. The number of aliphatic hydroxyl groups excluding tert-OH is 1. The smallest absolute Gasteiger partial charge is 0.350 e. The molecule has 1 aliphatic heterocycles. The highest BCUT2D eigenvalue weighted by molar-refractivity contribution is 7.17. The Kier molecular flexibility index (Phi) is 7.40. The molecule has 0 radical (unpaired) electrons. The number of Topliss-reactive ketones (excluding diaryl/α,β-unsaturated/α-hetero) is 1. The number of ketones is 1. The van der Waals surface area contributed by atoms with Crippen LogP contribution >= 0.6 is 11.3 Å². The summed E-state index contributed by atoms with van der Waals surface area (Å²) >= 11 is 0.894. The predicted octanol–water partition coefficient (Wildman–Crippen LogP) is 4.29. The lowest BCUT2D eigenvalue weighted by molar-refractivity contribution is -0.132. The van der Waals surface area contributed by atoms with Gasteiger partial charge in [0.1, 0.15) is 16.4 Å². The Bertz CT molecular complexity index is 1480. The first-order valence-electron chi connectivity index (χ1n) is 11.6. The lowest BCUT2D eigenvalue weighted by Crippen LogP contribution is -2.29. The monoisotopic (exact) mass is 538 g/mol. The Morgan fingerprint density at radius 2 is 1.84 bits per heavy atom. The number of amides is 1. The van der Waals surface area contributed by atoms with Crippen LogP contribution in [0.4, 0.5) is 5.13 Å². The summed E-state index contributed by atoms with van der Waals surface area (Å²) in [4.78, 5) is 44.8. The lowest BCUT2D eigenvalue weighted by Gasteiger charge is -2.23. The van der Waals surface area contributed by atoms with Gasteiger partial charge in [0.25, 0.3) is 5.78 Å². The molecule has 4 rings (SSSR count). The third-order valence-corrected chi connectivity index (χ3v) is 7.21. The SMILES string of the molecule is CCOc1cc([C@H]2/C(=C(\O)c3ccc(OC)c(C)c3)C(=O)C(=O)N2c2nc(C)c(C(=O)OC)s2)ccc1O. The standard InChI is InChI=1S/C27H26N2O8S/c1-6-37-19-12-15(7-9-17(19)30)21-20(22(31)16-8-10-18(35-4)13(2)11-16)23(32)25(33)29(21)27-28-14(3)24(38-27)26(34)36-5/h7-12,21,30-31H,6H2,1-5H3/b22-20+/t21-/m0/s1. The fourth-order valence-corrected chi connectivity index (χ4v) is 5.28. The van der Waals surface area contributed by atoms with Crippen molar-refractivity contribution in [1.82, 2.24) is 4.98 Å². The zero-order valence-corrected chi connectivity index (χ0v) is 22.2. The summed E-state index contributed by atoms with van der Waals surface area (Å²) in [5.41, 5.74) is 1.54. The highest BCUT2D eigenvalue weighted by Crippen LogP contribution is 2.45. The molecule has 0 unspecified atom stereocenters. The Morgan fingerprint density at radius 1 is 1.11 bits per heavy atom. The number of anilines is 1.